The Balaban J connectivity index is 1.30. The number of hydrogen-bond acceptors (Lipinski definition) is 6. The fourth-order valence-corrected chi connectivity index (χ4v) is 3.60. The normalized spacial score (nSPS) is 14.2. The Morgan fingerprint density at radius 2 is 1.91 bits per heavy atom. The summed E-state index contributed by atoms with van der Waals surface area (Å²) in [6.45, 7) is 2.58. The fraction of sp³-hybridized carbons (Fsp3) is 0.318. The summed E-state index contributed by atoms with van der Waals surface area (Å²) in [5, 5.41) is 13.9. The van der Waals surface area contributed by atoms with Crippen LogP contribution in [-0.2, 0) is 9.59 Å². The third kappa shape index (κ3) is 4.90. The highest BCUT2D eigenvalue weighted by Gasteiger charge is 2.27. The predicted octanol–water partition coefficient (Wildman–Crippen LogP) is 2.37. The van der Waals surface area contributed by atoms with Crippen LogP contribution in [0.5, 0.6) is 5.75 Å². The topological polar surface area (TPSA) is 102 Å². The van der Waals surface area contributed by atoms with Crippen LogP contribution in [0.3, 0.4) is 0 Å². The lowest BCUT2D eigenvalue weighted by Gasteiger charge is -2.31. The van der Waals surface area contributed by atoms with Crippen LogP contribution >= 0.6 is 0 Å². The summed E-state index contributed by atoms with van der Waals surface area (Å²) in [5.74, 6) is 0.0722. The number of aromatic nitrogens is 4. The molecule has 32 heavy (non-hydrogen) atoms. The molecule has 2 amide bonds. The molecule has 10 heteroatoms. The Morgan fingerprint density at radius 3 is 2.59 bits per heavy atom. The molecule has 9 nitrogen and oxygen atoms in total. The van der Waals surface area contributed by atoms with Gasteiger partial charge in [-0.2, -0.15) is 4.68 Å². The van der Waals surface area contributed by atoms with Gasteiger partial charge in [0, 0.05) is 24.7 Å². The average Bonchev–Trinajstić information content (AvgIpc) is 3.25. The molecular weight excluding hydrogens is 415 g/mol. The summed E-state index contributed by atoms with van der Waals surface area (Å²) in [6, 6.07) is 13.4. The Labute approximate surface area is 184 Å². The van der Waals surface area contributed by atoms with Crippen molar-refractivity contribution in [2.45, 2.75) is 19.8 Å². The van der Waals surface area contributed by atoms with Crippen molar-refractivity contribution in [3.63, 3.8) is 0 Å². The van der Waals surface area contributed by atoms with Gasteiger partial charge in [-0.1, -0.05) is 18.2 Å². The smallest absolute Gasteiger partial charge is 0.260 e. The van der Waals surface area contributed by atoms with Gasteiger partial charge >= 0.3 is 0 Å². The summed E-state index contributed by atoms with van der Waals surface area (Å²) in [6.07, 6.45) is 1.09. The van der Waals surface area contributed by atoms with Crippen LogP contribution in [0.1, 0.15) is 18.7 Å². The van der Waals surface area contributed by atoms with E-state index in [-0.39, 0.29) is 30.0 Å². The van der Waals surface area contributed by atoms with E-state index >= 15 is 0 Å². The maximum Gasteiger partial charge on any atom is 0.260 e. The standard InChI is InChI=1S/C22H23FN6O3/c1-15-25-26-27-29(15)20-13-17(7-8-19(20)23)24-22(31)16-9-11-28(12-10-16)21(30)14-32-18-5-3-2-4-6-18/h2-8,13,16H,9-12,14H2,1H3,(H,24,31). The monoisotopic (exact) mass is 438 g/mol. The van der Waals surface area contributed by atoms with Crippen LogP contribution in [0.15, 0.2) is 48.5 Å². The highest BCUT2D eigenvalue weighted by Crippen LogP contribution is 2.23. The third-order valence-corrected chi connectivity index (χ3v) is 5.39. The van der Waals surface area contributed by atoms with E-state index in [1.807, 2.05) is 18.2 Å². The zero-order valence-electron chi connectivity index (χ0n) is 17.6. The second kappa shape index (κ2) is 9.54. The molecule has 1 aliphatic heterocycles. The predicted molar refractivity (Wildman–Crippen MR) is 114 cm³/mol. The molecule has 2 aromatic carbocycles. The van der Waals surface area contributed by atoms with E-state index in [9.17, 15) is 14.0 Å². The zero-order valence-corrected chi connectivity index (χ0v) is 17.6. The molecular formula is C22H23FN6O3. The number of para-hydroxylation sites is 1. The number of carbonyl (C=O) groups excluding carboxylic acids is 2. The van der Waals surface area contributed by atoms with E-state index in [0.717, 1.165) is 0 Å². The van der Waals surface area contributed by atoms with Crippen LogP contribution in [-0.4, -0.2) is 56.6 Å². The number of tetrazole rings is 1. The van der Waals surface area contributed by atoms with Crippen molar-refractivity contribution in [1.82, 2.24) is 25.1 Å². The van der Waals surface area contributed by atoms with Gasteiger partial charge in [0.15, 0.2) is 12.4 Å². The van der Waals surface area contributed by atoms with Gasteiger partial charge in [0.2, 0.25) is 5.91 Å². The number of nitrogens with one attached hydrogen (secondary N) is 1. The summed E-state index contributed by atoms with van der Waals surface area (Å²) < 4.78 is 21.0. The summed E-state index contributed by atoms with van der Waals surface area (Å²) >= 11 is 0. The molecule has 0 radical (unpaired) electrons. The van der Waals surface area contributed by atoms with Crippen molar-refractivity contribution in [2.75, 3.05) is 25.0 Å². The van der Waals surface area contributed by atoms with Crippen molar-refractivity contribution < 1.29 is 18.7 Å². The minimum absolute atomic E-state index is 0.0320. The minimum atomic E-state index is -0.497. The molecule has 0 saturated carbocycles. The molecule has 3 aromatic rings. The SMILES string of the molecule is Cc1nnnn1-c1cc(NC(=O)C2CCN(C(=O)COc3ccccc3)CC2)ccc1F. The van der Waals surface area contributed by atoms with Crippen molar-refractivity contribution in [2.24, 2.45) is 5.92 Å². The van der Waals surface area contributed by atoms with Gasteiger partial charge in [-0.15, -0.1) is 5.10 Å². The highest BCUT2D eigenvalue weighted by atomic mass is 19.1. The molecule has 1 aliphatic rings. The maximum absolute atomic E-state index is 14.2. The number of ether oxygens (including phenoxy) is 1. The molecule has 2 heterocycles. The van der Waals surface area contributed by atoms with E-state index < -0.39 is 5.82 Å². The Bertz CT molecular complexity index is 1100. The largest absolute Gasteiger partial charge is 0.484 e. The quantitative estimate of drug-likeness (QED) is 0.634. The number of amides is 2. The van der Waals surface area contributed by atoms with E-state index in [0.29, 0.717) is 43.2 Å². The second-order valence-corrected chi connectivity index (χ2v) is 7.55. The molecule has 1 fully saturated rings. The van der Waals surface area contributed by atoms with E-state index in [1.54, 1.807) is 24.0 Å². The number of likely N-dealkylation sites (tertiary alicyclic amines) is 1. The van der Waals surface area contributed by atoms with Crippen LogP contribution < -0.4 is 10.1 Å². The fourth-order valence-electron chi connectivity index (χ4n) is 3.60. The molecule has 1 saturated heterocycles. The van der Waals surface area contributed by atoms with Crippen LogP contribution in [0, 0.1) is 18.7 Å². The number of nitrogens with zero attached hydrogens (tertiary/aromatic N) is 5. The summed E-state index contributed by atoms with van der Waals surface area (Å²) in [5.41, 5.74) is 0.611. The number of anilines is 1. The number of piperidine rings is 1. The lowest BCUT2D eigenvalue weighted by Crippen LogP contribution is -2.43. The Morgan fingerprint density at radius 1 is 1.16 bits per heavy atom. The van der Waals surface area contributed by atoms with E-state index in [4.69, 9.17) is 4.74 Å². The van der Waals surface area contributed by atoms with Crippen molar-refractivity contribution >= 4 is 17.5 Å². The van der Waals surface area contributed by atoms with Gasteiger partial charge in [0.1, 0.15) is 17.3 Å². The van der Waals surface area contributed by atoms with Gasteiger partial charge in [0.05, 0.1) is 0 Å². The molecule has 0 atom stereocenters. The summed E-state index contributed by atoms with van der Waals surface area (Å²) in [4.78, 5) is 26.8. The Kier molecular flexibility index (Phi) is 6.39. The first-order valence-electron chi connectivity index (χ1n) is 10.3. The molecule has 0 bridgehead atoms. The van der Waals surface area contributed by atoms with Gasteiger partial charge in [-0.05, 0) is 60.5 Å². The number of rotatable bonds is 6. The molecule has 1 N–H and O–H groups in total. The summed E-state index contributed by atoms with van der Waals surface area (Å²) in [7, 11) is 0. The lowest BCUT2D eigenvalue weighted by molar-refractivity contribution is -0.136. The average molecular weight is 438 g/mol. The van der Waals surface area contributed by atoms with Gasteiger partial charge in [0.25, 0.3) is 5.91 Å². The maximum atomic E-state index is 14.2. The van der Waals surface area contributed by atoms with Gasteiger partial charge in [-0.25, -0.2) is 4.39 Å². The third-order valence-electron chi connectivity index (χ3n) is 5.39. The first-order valence-corrected chi connectivity index (χ1v) is 10.3. The number of carbonyl (C=O) groups is 2. The zero-order chi connectivity index (χ0) is 22.5. The lowest BCUT2D eigenvalue weighted by atomic mass is 9.95. The molecule has 0 aliphatic carbocycles. The first kappa shape index (κ1) is 21.4. The number of aryl methyl sites for hydroxylation is 1. The molecule has 1 aromatic heterocycles. The van der Waals surface area contributed by atoms with E-state index in [1.165, 1.54) is 22.9 Å². The molecule has 166 valence electrons. The van der Waals surface area contributed by atoms with Crippen LogP contribution in [0.25, 0.3) is 5.69 Å². The molecule has 0 unspecified atom stereocenters. The van der Waals surface area contributed by atoms with Crippen molar-refractivity contribution in [3.05, 3.63) is 60.2 Å². The van der Waals surface area contributed by atoms with Gasteiger partial charge < -0.3 is 15.0 Å². The van der Waals surface area contributed by atoms with Crippen LogP contribution in [0.4, 0.5) is 10.1 Å². The van der Waals surface area contributed by atoms with Crippen molar-refractivity contribution in [1.29, 1.82) is 0 Å². The molecule has 0 spiro atoms. The highest BCUT2D eigenvalue weighted by molar-refractivity contribution is 5.93. The number of halogens is 1. The Hall–Kier alpha value is -3.82. The number of benzene rings is 2. The van der Waals surface area contributed by atoms with E-state index in [2.05, 4.69) is 20.8 Å². The van der Waals surface area contributed by atoms with Crippen LogP contribution in [0.2, 0.25) is 0 Å². The second-order valence-electron chi connectivity index (χ2n) is 7.55. The number of hydrogen-bond donors (Lipinski definition) is 1. The minimum Gasteiger partial charge on any atom is -0.484 e. The molecule has 4 rings (SSSR count). The first-order chi connectivity index (χ1) is 15.5. The van der Waals surface area contributed by atoms with Crippen molar-refractivity contribution in [3.8, 4) is 11.4 Å². The van der Waals surface area contributed by atoms with Gasteiger partial charge in [-0.3, -0.25) is 9.59 Å².